The molecule has 0 rings (SSSR count). The minimum absolute atomic E-state index is 0.207. The molecule has 0 aromatic rings. The van der Waals surface area contributed by atoms with Crippen LogP contribution in [0.5, 0.6) is 0 Å². The molecule has 0 atom stereocenters. The Kier molecular flexibility index (Phi) is 7.33. The van der Waals surface area contributed by atoms with Crippen LogP contribution in [-0.2, 0) is 19.7 Å². The molecular weight excluding hydrogens is 244 g/mol. The van der Waals surface area contributed by atoms with Crippen molar-refractivity contribution < 1.29 is 17.9 Å². The maximum Gasteiger partial charge on any atom is 0.321 e. The number of esters is 1. The number of nitrogens with zero attached hydrogens (tertiary/aromatic N) is 1. The summed E-state index contributed by atoms with van der Waals surface area (Å²) in [5.74, 6) is -0.532. The highest BCUT2D eigenvalue weighted by Crippen LogP contribution is 2.02. The molecule has 0 aliphatic rings. The zero-order valence-electron chi connectivity index (χ0n) is 10.9. The number of carbonyl (C=O) groups is 1. The molecule has 0 aliphatic heterocycles. The zero-order chi connectivity index (χ0) is 13.5. The van der Waals surface area contributed by atoms with Gasteiger partial charge in [-0.2, -0.15) is 17.4 Å². The van der Waals surface area contributed by atoms with Gasteiger partial charge in [-0.25, -0.2) is 0 Å². The Morgan fingerprint density at radius 1 is 1.35 bits per heavy atom. The first-order chi connectivity index (χ1) is 7.83. The molecular formula is C10H22N2O4S. The van der Waals surface area contributed by atoms with Crippen LogP contribution >= 0.6 is 0 Å². The molecule has 0 radical (unpaired) electrons. The van der Waals surface area contributed by atoms with E-state index in [4.69, 9.17) is 4.74 Å². The van der Waals surface area contributed by atoms with Gasteiger partial charge in [-0.3, -0.25) is 4.79 Å². The second-order valence-corrected chi connectivity index (χ2v) is 5.62. The van der Waals surface area contributed by atoms with E-state index in [9.17, 15) is 13.2 Å². The normalized spacial score (nSPS) is 12.1. The fourth-order valence-electron chi connectivity index (χ4n) is 1.26. The molecule has 0 spiro atoms. The van der Waals surface area contributed by atoms with Crippen molar-refractivity contribution in [3.8, 4) is 0 Å². The van der Waals surface area contributed by atoms with E-state index < -0.39 is 16.2 Å². The van der Waals surface area contributed by atoms with Gasteiger partial charge in [-0.05, 0) is 27.2 Å². The lowest BCUT2D eigenvalue weighted by atomic mass is 10.4. The van der Waals surface area contributed by atoms with Crippen LogP contribution in [0.4, 0.5) is 0 Å². The van der Waals surface area contributed by atoms with Gasteiger partial charge in [0.2, 0.25) is 0 Å². The predicted molar refractivity (Wildman–Crippen MR) is 65.7 cm³/mol. The average molecular weight is 266 g/mol. The molecule has 0 heterocycles. The Labute approximate surface area is 104 Å². The number of ether oxygens (including phenoxy) is 1. The Hall–Kier alpha value is -0.660. The second kappa shape index (κ2) is 7.62. The van der Waals surface area contributed by atoms with Gasteiger partial charge in [0.25, 0.3) is 10.2 Å². The Morgan fingerprint density at radius 3 is 2.35 bits per heavy atom. The highest BCUT2D eigenvalue weighted by Gasteiger charge is 2.24. The van der Waals surface area contributed by atoms with Gasteiger partial charge < -0.3 is 4.74 Å². The van der Waals surface area contributed by atoms with E-state index >= 15 is 0 Å². The quantitative estimate of drug-likeness (QED) is 0.649. The van der Waals surface area contributed by atoms with Crippen LogP contribution in [0, 0.1) is 0 Å². The molecule has 0 amide bonds. The van der Waals surface area contributed by atoms with Gasteiger partial charge in [0, 0.05) is 12.6 Å². The molecule has 0 bridgehead atoms. The van der Waals surface area contributed by atoms with Crippen LogP contribution in [0.15, 0.2) is 0 Å². The summed E-state index contributed by atoms with van der Waals surface area (Å²) in [5, 5.41) is 0. The van der Waals surface area contributed by atoms with Crippen molar-refractivity contribution in [2.24, 2.45) is 0 Å². The molecule has 0 saturated carbocycles. The number of nitrogens with one attached hydrogen (secondary N) is 1. The molecule has 1 N–H and O–H groups in total. The molecule has 6 nitrogen and oxygen atoms in total. The third kappa shape index (κ3) is 6.60. The van der Waals surface area contributed by atoms with E-state index in [-0.39, 0.29) is 19.2 Å². The van der Waals surface area contributed by atoms with Crippen molar-refractivity contribution >= 4 is 16.2 Å². The fraction of sp³-hybridized carbons (Fsp3) is 0.900. The summed E-state index contributed by atoms with van der Waals surface area (Å²) in [6, 6.07) is -0.207. The van der Waals surface area contributed by atoms with Crippen molar-refractivity contribution in [2.75, 3.05) is 19.7 Å². The zero-order valence-corrected chi connectivity index (χ0v) is 11.7. The number of hydrogen-bond acceptors (Lipinski definition) is 4. The molecule has 0 aliphatic carbocycles. The number of hydrogen-bond donors (Lipinski definition) is 1. The van der Waals surface area contributed by atoms with Crippen LogP contribution in [0.2, 0.25) is 0 Å². The number of rotatable bonds is 8. The molecule has 0 fully saturated rings. The Bertz CT molecular complexity index is 327. The van der Waals surface area contributed by atoms with E-state index in [1.165, 1.54) is 0 Å². The molecule has 0 unspecified atom stereocenters. The van der Waals surface area contributed by atoms with Crippen LogP contribution < -0.4 is 4.72 Å². The van der Waals surface area contributed by atoms with Gasteiger partial charge >= 0.3 is 5.97 Å². The standard InChI is InChI=1S/C10H22N2O4S/c1-5-7-12(8-10(13)16-6-2)17(14,15)11-9(3)4/h9,11H,5-8H2,1-4H3. The van der Waals surface area contributed by atoms with E-state index in [1.54, 1.807) is 20.8 Å². The largest absolute Gasteiger partial charge is 0.465 e. The Morgan fingerprint density at radius 2 is 1.94 bits per heavy atom. The van der Waals surface area contributed by atoms with E-state index in [0.29, 0.717) is 13.0 Å². The fourth-order valence-corrected chi connectivity index (χ4v) is 2.70. The first kappa shape index (κ1) is 16.3. The van der Waals surface area contributed by atoms with Crippen molar-refractivity contribution in [3.05, 3.63) is 0 Å². The third-order valence-corrected chi connectivity index (χ3v) is 3.57. The lowest BCUT2D eigenvalue weighted by Gasteiger charge is -2.22. The maximum absolute atomic E-state index is 11.9. The van der Waals surface area contributed by atoms with E-state index in [1.807, 2.05) is 6.92 Å². The SMILES string of the molecule is CCCN(CC(=O)OCC)S(=O)(=O)NC(C)C. The smallest absolute Gasteiger partial charge is 0.321 e. The lowest BCUT2D eigenvalue weighted by molar-refractivity contribution is -0.143. The summed E-state index contributed by atoms with van der Waals surface area (Å²) < 4.78 is 32.0. The van der Waals surface area contributed by atoms with E-state index in [0.717, 1.165) is 4.31 Å². The van der Waals surface area contributed by atoms with Gasteiger partial charge in [0.15, 0.2) is 0 Å². The van der Waals surface area contributed by atoms with Crippen molar-refractivity contribution in [1.29, 1.82) is 0 Å². The first-order valence-corrected chi connectivity index (χ1v) is 7.20. The summed E-state index contributed by atoms with van der Waals surface area (Å²) in [6.45, 7) is 7.28. The van der Waals surface area contributed by atoms with Gasteiger partial charge in [-0.15, -0.1) is 0 Å². The van der Waals surface area contributed by atoms with Crippen molar-refractivity contribution in [2.45, 2.75) is 40.2 Å². The molecule has 0 saturated heterocycles. The molecule has 7 heteroatoms. The van der Waals surface area contributed by atoms with Crippen LogP contribution in [0.3, 0.4) is 0 Å². The van der Waals surface area contributed by atoms with Crippen molar-refractivity contribution in [3.63, 3.8) is 0 Å². The second-order valence-electron chi connectivity index (χ2n) is 3.92. The molecule has 0 aromatic heterocycles. The third-order valence-electron chi connectivity index (χ3n) is 1.81. The highest BCUT2D eigenvalue weighted by molar-refractivity contribution is 7.87. The summed E-state index contributed by atoms with van der Waals surface area (Å²) in [7, 11) is -3.61. The van der Waals surface area contributed by atoms with Crippen LogP contribution in [0.25, 0.3) is 0 Å². The Balaban J connectivity index is 4.66. The maximum atomic E-state index is 11.9. The van der Waals surface area contributed by atoms with Crippen LogP contribution in [-0.4, -0.2) is 44.4 Å². The minimum Gasteiger partial charge on any atom is -0.465 e. The molecule has 17 heavy (non-hydrogen) atoms. The van der Waals surface area contributed by atoms with Gasteiger partial charge in [-0.1, -0.05) is 6.92 Å². The lowest BCUT2D eigenvalue weighted by Crippen LogP contribution is -2.46. The average Bonchev–Trinajstić information content (AvgIpc) is 2.15. The number of carbonyl (C=O) groups excluding carboxylic acids is 1. The summed E-state index contributed by atoms with van der Waals surface area (Å²) in [5.41, 5.74) is 0. The molecule has 0 aromatic carbocycles. The summed E-state index contributed by atoms with van der Waals surface area (Å²) >= 11 is 0. The van der Waals surface area contributed by atoms with Crippen LogP contribution in [0.1, 0.15) is 34.1 Å². The van der Waals surface area contributed by atoms with Crippen molar-refractivity contribution in [1.82, 2.24) is 9.03 Å². The molecule has 102 valence electrons. The summed E-state index contributed by atoms with van der Waals surface area (Å²) in [6.07, 6.45) is 0.637. The van der Waals surface area contributed by atoms with E-state index in [2.05, 4.69) is 4.72 Å². The van der Waals surface area contributed by atoms with Gasteiger partial charge in [0.1, 0.15) is 6.54 Å². The monoisotopic (exact) mass is 266 g/mol. The predicted octanol–water partition coefficient (Wildman–Crippen LogP) is 0.504. The minimum atomic E-state index is -3.61. The topological polar surface area (TPSA) is 75.7 Å². The van der Waals surface area contributed by atoms with Gasteiger partial charge in [0.05, 0.1) is 6.61 Å². The summed E-state index contributed by atoms with van der Waals surface area (Å²) in [4.78, 5) is 11.3. The highest BCUT2D eigenvalue weighted by atomic mass is 32.2. The first-order valence-electron chi connectivity index (χ1n) is 5.76.